The fourth-order valence-corrected chi connectivity index (χ4v) is 3.92. The molecule has 1 saturated heterocycles. The van der Waals surface area contributed by atoms with Crippen molar-refractivity contribution in [2.45, 2.75) is 72.4 Å². The number of imide groups is 1. The van der Waals surface area contributed by atoms with Gasteiger partial charge in [0.2, 0.25) is 5.91 Å². The van der Waals surface area contributed by atoms with E-state index in [9.17, 15) is 24.6 Å². The summed E-state index contributed by atoms with van der Waals surface area (Å²) in [5, 5.41) is 23.2. The first-order valence-electron chi connectivity index (χ1n) is 10.9. The Kier molecular flexibility index (Phi) is 8.38. The van der Waals surface area contributed by atoms with Gasteiger partial charge in [-0.15, -0.1) is 0 Å². The highest BCUT2D eigenvalue weighted by Crippen LogP contribution is 2.26. The summed E-state index contributed by atoms with van der Waals surface area (Å²) < 4.78 is 5.88. The number of nitrogens with one attached hydrogen (secondary N) is 1. The van der Waals surface area contributed by atoms with Crippen molar-refractivity contribution in [3.05, 3.63) is 12.2 Å². The molecule has 0 aromatic carbocycles. The van der Waals surface area contributed by atoms with E-state index in [-0.39, 0.29) is 29.7 Å². The van der Waals surface area contributed by atoms with E-state index in [1.165, 1.54) is 22.0 Å². The van der Waals surface area contributed by atoms with Crippen molar-refractivity contribution < 1.29 is 29.3 Å². The van der Waals surface area contributed by atoms with Crippen LogP contribution in [0.25, 0.3) is 0 Å². The van der Waals surface area contributed by atoms with Crippen molar-refractivity contribution in [2.75, 3.05) is 26.3 Å². The van der Waals surface area contributed by atoms with Crippen molar-refractivity contribution in [3.8, 4) is 0 Å². The second-order valence-electron chi connectivity index (χ2n) is 10.2. The number of hydrogen-bond acceptors (Lipinski definition) is 7. The molecule has 1 fully saturated rings. The zero-order valence-corrected chi connectivity index (χ0v) is 19.3. The molecule has 9 heteroatoms. The maximum atomic E-state index is 12.4. The Labute approximate surface area is 184 Å². The number of amides is 3. The molecule has 0 bridgehead atoms. The molecule has 2 rings (SSSR count). The average molecular weight is 440 g/mol. The van der Waals surface area contributed by atoms with Crippen LogP contribution in [0.2, 0.25) is 0 Å². The van der Waals surface area contributed by atoms with Crippen LogP contribution in [0.15, 0.2) is 12.2 Å². The van der Waals surface area contributed by atoms with Crippen molar-refractivity contribution >= 4 is 17.7 Å². The van der Waals surface area contributed by atoms with Gasteiger partial charge >= 0.3 is 0 Å². The first-order chi connectivity index (χ1) is 14.3. The van der Waals surface area contributed by atoms with Crippen LogP contribution in [0.5, 0.6) is 0 Å². The summed E-state index contributed by atoms with van der Waals surface area (Å²) in [6.45, 7) is 11.0. The van der Waals surface area contributed by atoms with E-state index in [0.29, 0.717) is 32.6 Å². The van der Waals surface area contributed by atoms with Crippen molar-refractivity contribution in [2.24, 2.45) is 10.8 Å². The molecule has 2 heterocycles. The van der Waals surface area contributed by atoms with Gasteiger partial charge in [0.1, 0.15) is 12.5 Å². The molecule has 0 aromatic rings. The van der Waals surface area contributed by atoms with E-state index in [4.69, 9.17) is 4.74 Å². The van der Waals surface area contributed by atoms with Crippen LogP contribution >= 0.6 is 0 Å². The normalized spacial score (nSPS) is 21.8. The summed E-state index contributed by atoms with van der Waals surface area (Å²) >= 11 is 0. The monoisotopic (exact) mass is 439 g/mol. The molecule has 0 aromatic heterocycles. The van der Waals surface area contributed by atoms with Gasteiger partial charge in [0.25, 0.3) is 11.8 Å². The Bertz CT molecular complexity index is 687. The van der Waals surface area contributed by atoms with Crippen LogP contribution in [-0.4, -0.2) is 82.5 Å². The van der Waals surface area contributed by atoms with Gasteiger partial charge in [-0.2, -0.15) is 0 Å². The van der Waals surface area contributed by atoms with E-state index in [1.54, 1.807) is 6.92 Å². The van der Waals surface area contributed by atoms with E-state index in [0.717, 1.165) is 6.42 Å². The van der Waals surface area contributed by atoms with Crippen molar-refractivity contribution in [1.82, 2.24) is 15.1 Å². The number of ether oxygens (including phenoxy) is 1. The Morgan fingerprint density at radius 2 is 1.77 bits per heavy atom. The van der Waals surface area contributed by atoms with Crippen LogP contribution in [0, 0.1) is 10.8 Å². The van der Waals surface area contributed by atoms with E-state index in [1.807, 2.05) is 27.7 Å². The smallest absolute Gasteiger partial charge is 0.253 e. The molecule has 31 heavy (non-hydrogen) atoms. The number of aliphatic hydroxyl groups is 2. The standard InChI is InChI=1S/C22H37N3O6/c1-15(20(30)24-10-6-7-17(24)27)23-16(26)11-21(2,3)13-31-14-22(4,5)12-25-18(28)8-9-19(25)29/h8-9,15-17,23,26-27H,6-7,10-14H2,1-5H3/t15-,16?,17+/m0/s1. The molecule has 9 nitrogen and oxygen atoms in total. The maximum absolute atomic E-state index is 12.4. The lowest BCUT2D eigenvalue weighted by atomic mass is 9.89. The molecule has 3 amide bonds. The third-order valence-electron chi connectivity index (χ3n) is 5.54. The van der Waals surface area contributed by atoms with Crippen LogP contribution in [-0.2, 0) is 19.1 Å². The summed E-state index contributed by atoms with van der Waals surface area (Å²) in [6, 6.07) is -0.609. The molecule has 3 N–H and O–H groups in total. The van der Waals surface area contributed by atoms with Gasteiger partial charge < -0.3 is 19.8 Å². The number of carbonyl (C=O) groups is 3. The molecular weight excluding hydrogens is 402 g/mol. The van der Waals surface area contributed by atoms with E-state index < -0.39 is 23.9 Å². The fourth-order valence-electron chi connectivity index (χ4n) is 3.92. The van der Waals surface area contributed by atoms with Gasteiger partial charge in [-0.3, -0.25) is 24.6 Å². The lowest BCUT2D eigenvalue weighted by Crippen LogP contribution is -2.50. The van der Waals surface area contributed by atoms with Crippen LogP contribution in [0.3, 0.4) is 0 Å². The van der Waals surface area contributed by atoms with Gasteiger partial charge in [0.15, 0.2) is 0 Å². The third-order valence-corrected chi connectivity index (χ3v) is 5.54. The third kappa shape index (κ3) is 7.38. The van der Waals surface area contributed by atoms with E-state index in [2.05, 4.69) is 5.32 Å². The minimum Gasteiger partial charge on any atom is -0.380 e. The molecule has 2 aliphatic rings. The quantitative estimate of drug-likeness (QED) is 0.319. The van der Waals surface area contributed by atoms with Gasteiger partial charge in [-0.05, 0) is 31.6 Å². The van der Waals surface area contributed by atoms with Crippen LogP contribution in [0.4, 0.5) is 0 Å². The van der Waals surface area contributed by atoms with Gasteiger partial charge in [0.05, 0.1) is 19.3 Å². The Morgan fingerprint density at radius 1 is 1.19 bits per heavy atom. The van der Waals surface area contributed by atoms with Gasteiger partial charge in [-0.25, -0.2) is 0 Å². The Hall–Kier alpha value is -1.81. The molecule has 0 aliphatic carbocycles. The summed E-state index contributed by atoms with van der Waals surface area (Å²) in [6.07, 6.45) is 2.61. The highest BCUT2D eigenvalue weighted by Gasteiger charge is 2.33. The highest BCUT2D eigenvalue weighted by atomic mass is 16.5. The van der Waals surface area contributed by atoms with Crippen LogP contribution < -0.4 is 5.32 Å². The molecule has 0 saturated carbocycles. The summed E-state index contributed by atoms with van der Waals surface area (Å²) in [4.78, 5) is 38.6. The average Bonchev–Trinajstić information content (AvgIpc) is 3.20. The molecule has 0 spiro atoms. The minimum absolute atomic E-state index is 0.222. The summed E-state index contributed by atoms with van der Waals surface area (Å²) in [5.41, 5.74) is -0.791. The lowest BCUT2D eigenvalue weighted by molar-refractivity contribution is -0.141. The topological polar surface area (TPSA) is 119 Å². The minimum atomic E-state index is -0.906. The largest absolute Gasteiger partial charge is 0.380 e. The second kappa shape index (κ2) is 10.2. The number of hydrogen-bond donors (Lipinski definition) is 3. The number of carbonyl (C=O) groups excluding carboxylic acids is 3. The van der Waals surface area contributed by atoms with Gasteiger partial charge in [0, 0.05) is 30.7 Å². The predicted molar refractivity (Wildman–Crippen MR) is 114 cm³/mol. The molecule has 3 atom stereocenters. The Morgan fingerprint density at radius 3 is 2.32 bits per heavy atom. The summed E-state index contributed by atoms with van der Waals surface area (Å²) in [5.74, 6) is -0.837. The number of nitrogens with zero attached hydrogens (tertiary/aromatic N) is 2. The van der Waals surface area contributed by atoms with Crippen LogP contribution in [0.1, 0.15) is 53.9 Å². The number of rotatable bonds is 11. The number of likely N-dealkylation sites (tertiary alicyclic amines) is 1. The Balaban J connectivity index is 1.75. The SMILES string of the molecule is C[C@H](NC(O)CC(C)(C)COCC(C)(C)CN1C(=O)C=CC1=O)C(=O)N1CCC[C@H]1O. The first kappa shape index (κ1) is 25.5. The van der Waals surface area contributed by atoms with Gasteiger partial charge in [-0.1, -0.05) is 27.7 Å². The van der Waals surface area contributed by atoms with Crippen molar-refractivity contribution in [1.29, 1.82) is 0 Å². The maximum Gasteiger partial charge on any atom is 0.253 e. The lowest BCUT2D eigenvalue weighted by Gasteiger charge is -2.33. The second-order valence-corrected chi connectivity index (χ2v) is 10.2. The number of aliphatic hydroxyl groups excluding tert-OH is 2. The molecule has 2 aliphatic heterocycles. The van der Waals surface area contributed by atoms with Crippen molar-refractivity contribution in [3.63, 3.8) is 0 Å². The van der Waals surface area contributed by atoms with E-state index >= 15 is 0 Å². The molecule has 1 unspecified atom stereocenters. The molecule has 176 valence electrons. The highest BCUT2D eigenvalue weighted by molar-refractivity contribution is 6.12. The zero-order chi connectivity index (χ0) is 23.4. The predicted octanol–water partition coefficient (Wildman–Crippen LogP) is 0.608. The molecular formula is C22H37N3O6. The fraction of sp³-hybridized carbons (Fsp3) is 0.773. The zero-order valence-electron chi connectivity index (χ0n) is 19.3. The summed E-state index contributed by atoms with van der Waals surface area (Å²) in [7, 11) is 0. The molecule has 0 radical (unpaired) electrons. The first-order valence-corrected chi connectivity index (χ1v) is 10.9.